The Labute approximate surface area is 158 Å². The van der Waals surface area contributed by atoms with E-state index in [0.717, 1.165) is 6.42 Å². The SMILES string of the molecule is CC1=C[C@@H](CO)[C@H](C(C)C)C[C@H]1Cc1nnc(-c2ccc([N+](=O)[O-])cc2)o1. The second kappa shape index (κ2) is 8.00. The average molecular weight is 371 g/mol. The van der Waals surface area contributed by atoms with E-state index >= 15 is 0 Å². The molecule has 0 amide bonds. The van der Waals surface area contributed by atoms with E-state index in [-0.39, 0.29) is 18.2 Å². The third kappa shape index (κ3) is 4.24. The lowest BCUT2D eigenvalue weighted by Crippen LogP contribution is -2.30. The smallest absolute Gasteiger partial charge is 0.269 e. The van der Waals surface area contributed by atoms with Gasteiger partial charge in [0.2, 0.25) is 11.8 Å². The lowest BCUT2D eigenvalue weighted by atomic mass is 9.70. The molecule has 27 heavy (non-hydrogen) atoms. The summed E-state index contributed by atoms with van der Waals surface area (Å²) in [5, 5.41) is 28.7. The van der Waals surface area contributed by atoms with E-state index in [1.54, 1.807) is 12.1 Å². The number of nitro benzene ring substituents is 1. The molecule has 0 spiro atoms. The van der Waals surface area contributed by atoms with E-state index in [9.17, 15) is 15.2 Å². The summed E-state index contributed by atoms with van der Waals surface area (Å²) >= 11 is 0. The number of hydrogen-bond donors (Lipinski definition) is 1. The van der Waals surface area contributed by atoms with Crippen molar-refractivity contribution >= 4 is 5.69 Å². The number of non-ortho nitro benzene ring substituents is 1. The van der Waals surface area contributed by atoms with Crippen molar-refractivity contribution in [2.75, 3.05) is 6.61 Å². The molecular formula is C20H25N3O4. The van der Waals surface area contributed by atoms with Crippen LogP contribution in [0.2, 0.25) is 0 Å². The van der Waals surface area contributed by atoms with Gasteiger partial charge in [-0.3, -0.25) is 10.1 Å². The fourth-order valence-electron chi connectivity index (χ4n) is 3.87. The van der Waals surface area contributed by atoms with Crippen LogP contribution in [0.5, 0.6) is 0 Å². The van der Waals surface area contributed by atoms with Crippen molar-refractivity contribution in [3.63, 3.8) is 0 Å². The minimum atomic E-state index is -0.438. The molecular weight excluding hydrogens is 346 g/mol. The van der Waals surface area contributed by atoms with Gasteiger partial charge in [-0.15, -0.1) is 10.2 Å². The summed E-state index contributed by atoms with van der Waals surface area (Å²) in [5.41, 5.74) is 1.94. The molecule has 0 saturated carbocycles. The van der Waals surface area contributed by atoms with Crippen LogP contribution in [0.1, 0.15) is 33.1 Å². The van der Waals surface area contributed by atoms with Gasteiger partial charge in [0, 0.05) is 36.6 Å². The second-order valence-corrected chi connectivity index (χ2v) is 7.61. The van der Waals surface area contributed by atoms with Crippen molar-refractivity contribution < 1.29 is 14.4 Å². The zero-order chi connectivity index (χ0) is 19.6. The van der Waals surface area contributed by atoms with Gasteiger partial charge in [0.05, 0.1) is 4.92 Å². The molecule has 1 aromatic carbocycles. The number of nitrogens with zero attached hydrogens (tertiary/aromatic N) is 3. The Morgan fingerprint density at radius 3 is 2.59 bits per heavy atom. The van der Waals surface area contributed by atoms with Gasteiger partial charge >= 0.3 is 0 Å². The maximum atomic E-state index is 10.8. The monoisotopic (exact) mass is 371 g/mol. The number of aliphatic hydroxyl groups excluding tert-OH is 1. The number of rotatable bonds is 6. The van der Waals surface area contributed by atoms with Gasteiger partial charge in [-0.2, -0.15) is 0 Å². The fraction of sp³-hybridized carbons (Fsp3) is 0.500. The second-order valence-electron chi connectivity index (χ2n) is 7.61. The minimum absolute atomic E-state index is 0.0274. The Bertz CT molecular complexity index is 826. The molecule has 0 radical (unpaired) electrons. The van der Waals surface area contributed by atoms with E-state index in [2.05, 4.69) is 37.0 Å². The lowest BCUT2D eigenvalue weighted by molar-refractivity contribution is -0.384. The zero-order valence-corrected chi connectivity index (χ0v) is 15.8. The average Bonchev–Trinajstić information content (AvgIpc) is 3.11. The van der Waals surface area contributed by atoms with Crippen molar-refractivity contribution in [1.82, 2.24) is 10.2 Å². The van der Waals surface area contributed by atoms with Crippen molar-refractivity contribution in [2.24, 2.45) is 23.7 Å². The van der Waals surface area contributed by atoms with Gasteiger partial charge in [-0.25, -0.2) is 0 Å². The van der Waals surface area contributed by atoms with Crippen LogP contribution in [0, 0.1) is 33.8 Å². The summed E-state index contributed by atoms with van der Waals surface area (Å²) in [6, 6.07) is 6.08. The molecule has 0 aliphatic heterocycles. The molecule has 7 nitrogen and oxygen atoms in total. The van der Waals surface area contributed by atoms with Crippen molar-refractivity contribution in [3.05, 3.63) is 51.9 Å². The van der Waals surface area contributed by atoms with E-state index in [4.69, 9.17) is 4.42 Å². The fourth-order valence-corrected chi connectivity index (χ4v) is 3.87. The van der Waals surface area contributed by atoms with Crippen LogP contribution in [0.4, 0.5) is 5.69 Å². The van der Waals surface area contributed by atoms with Crippen LogP contribution in [-0.2, 0) is 6.42 Å². The predicted octanol–water partition coefficient (Wildman–Crippen LogP) is 4.03. The first kappa shape index (κ1) is 19.2. The van der Waals surface area contributed by atoms with E-state index in [0.29, 0.717) is 41.5 Å². The van der Waals surface area contributed by atoms with Gasteiger partial charge < -0.3 is 9.52 Å². The van der Waals surface area contributed by atoms with Crippen LogP contribution in [-0.4, -0.2) is 26.8 Å². The maximum absolute atomic E-state index is 10.8. The molecule has 1 aromatic heterocycles. The highest BCUT2D eigenvalue weighted by Gasteiger charge is 2.32. The Balaban J connectivity index is 1.74. The Morgan fingerprint density at radius 1 is 1.30 bits per heavy atom. The summed E-state index contributed by atoms with van der Waals surface area (Å²) in [5.74, 6) is 2.37. The molecule has 0 saturated heterocycles. The molecule has 0 fully saturated rings. The number of allylic oxidation sites excluding steroid dienone is 1. The molecule has 1 aliphatic carbocycles. The Morgan fingerprint density at radius 2 is 2.00 bits per heavy atom. The van der Waals surface area contributed by atoms with E-state index in [1.165, 1.54) is 17.7 Å². The first-order valence-corrected chi connectivity index (χ1v) is 9.25. The topological polar surface area (TPSA) is 102 Å². The summed E-state index contributed by atoms with van der Waals surface area (Å²) < 4.78 is 5.80. The van der Waals surface area contributed by atoms with Crippen LogP contribution in [0.15, 0.2) is 40.3 Å². The van der Waals surface area contributed by atoms with Crippen molar-refractivity contribution in [3.8, 4) is 11.5 Å². The Kier molecular flexibility index (Phi) is 5.70. The molecule has 0 bridgehead atoms. The number of aliphatic hydroxyl groups is 1. The normalized spacial score (nSPS) is 22.7. The maximum Gasteiger partial charge on any atom is 0.269 e. The largest absolute Gasteiger partial charge is 0.421 e. The molecule has 2 aromatic rings. The molecule has 1 heterocycles. The number of nitro groups is 1. The van der Waals surface area contributed by atoms with Crippen LogP contribution in [0.3, 0.4) is 0 Å². The number of aromatic nitrogens is 2. The third-order valence-electron chi connectivity index (χ3n) is 5.51. The molecule has 0 unspecified atom stereocenters. The van der Waals surface area contributed by atoms with Crippen molar-refractivity contribution in [1.29, 1.82) is 0 Å². The van der Waals surface area contributed by atoms with Crippen LogP contribution < -0.4 is 0 Å². The van der Waals surface area contributed by atoms with Gasteiger partial charge in [-0.05, 0) is 43.2 Å². The summed E-state index contributed by atoms with van der Waals surface area (Å²) in [6.07, 6.45) is 3.83. The van der Waals surface area contributed by atoms with Crippen LogP contribution >= 0.6 is 0 Å². The molecule has 7 heteroatoms. The standard InChI is InChI=1S/C20H25N3O4/c1-12(2)18-9-15(13(3)8-16(18)11-24)10-19-21-22-20(27-19)14-4-6-17(7-5-14)23(25)26/h4-8,12,15-16,18,24H,9-11H2,1-3H3/t15-,16-,18-/m0/s1. The quantitative estimate of drug-likeness (QED) is 0.467. The zero-order valence-electron chi connectivity index (χ0n) is 15.8. The molecule has 3 atom stereocenters. The minimum Gasteiger partial charge on any atom is -0.421 e. The van der Waals surface area contributed by atoms with E-state index < -0.39 is 4.92 Å². The highest BCUT2D eigenvalue weighted by atomic mass is 16.6. The summed E-state index contributed by atoms with van der Waals surface area (Å²) in [4.78, 5) is 10.3. The van der Waals surface area contributed by atoms with Gasteiger partial charge in [0.15, 0.2) is 0 Å². The first-order chi connectivity index (χ1) is 12.9. The summed E-state index contributed by atoms with van der Waals surface area (Å²) in [7, 11) is 0. The third-order valence-corrected chi connectivity index (χ3v) is 5.51. The first-order valence-electron chi connectivity index (χ1n) is 9.25. The van der Waals surface area contributed by atoms with Gasteiger partial charge in [-0.1, -0.05) is 25.5 Å². The lowest BCUT2D eigenvalue weighted by Gasteiger charge is -2.36. The molecule has 1 aliphatic rings. The van der Waals surface area contributed by atoms with Crippen molar-refractivity contribution in [2.45, 2.75) is 33.6 Å². The van der Waals surface area contributed by atoms with E-state index in [1.807, 2.05) is 0 Å². The highest BCUT2D eigenvalue weighted by molar-refractivity contribution is 5.55. The summed E-state index contributed by atoms with van der Waals surface area (Å²) in [6.45, 7) is 6.66. The van der Waals surface area contributed by atoms with Gasteiger partial charge in [0.1, 0.15) is 0 Å². The molecule has 3 rings (SSSR count). The molecule has 1 N–H and O–H groups in total. The van der Waals surface area contributed by atoms with Gasteiger partial charge in [0.25, 0.3) is 5.69 Å². The molecule has 144 valence electrons. The predicted molar refractivity (Wildman–Crippen MR) is 101 cm³/mol. The highest BCUT2D eigenvalue weighted by Crippen LogP contribution is 2.38. The number of hydrogen-bond acceptors (Lipinski definition) is 6. The Hall–Kier alpha value is -2.54. The number of benzene rings is 1. The van der Waals surface area contributed by atoms with Crippen LogP contribution in [0.25, 0.3) is 11.5 Å².